The first-order chi connectivity index (χ1) is 7.66. The average molecular weight is 241 g/mol. The zero-order valence-corrected chi connectivity index (χ0v) is 8.59. The van der Waals surface area contributed by atoms with Crippen molar-refractivity contribution in [3.8, 4) is 0 Å². The number of nitrogens with zero attached hydrogens (tertiary/aromatic N) is 2. The number of carbonyl (C=O) groups is 1. The van der Waals surface area contributed by atoms with Gasteiger partial charge in [-0.2, -0.15) is 4.37 Å². The smallest absolute Gasteiger partial charge is 0.260 e. The van der Waals surface area contributed by atoms with Gasteiger partial charge in [-0.05, 0) is 12.1 Å². The number of hydrogen-bond acceptors (Lipinski definition) is 4. The third kappa shape index (κ3) is 2.19. The molecule has 0 radical (unpaired) electrons. The molecule has 0 unspecified atom stereocenters. The molecule has 1 aromatic carbocycles. The summed E-state index contributed by atoms with van der Waals surface area (Å²) in [5.74, 6) is -2.33. The van der Waals surface area contributed by atoms with Gasteiger partial charge in [-0.25, -0.2) is 13.8 Å². The molecule has 2 rings (SSSR count). The molecule has 1 N–H and O–H groups in total. The van der Waals surface area contributed by atoms with Crippen molar-refractivity contribution < 1.29 is 13.6 Å². The molecule has 82 valence electrons. The molecule has 0 aliphatic carbocycles. The standard InChI is InChI=1S/C9H5F2N3OS/c10-5-1-2-6(7(11)3-5)8(15)14-9-12-4-13-16-9/h1-4H,(H,12,13,14,15). The second-order valence-corrected chi connectivity index (χ2v) is 3.60. The van der Waals surface area contributed by atoms with E-state index in [1.165, 1.54) is 6.33 Å². The number of carbonyl (C=O) groups excluding carboxylic acids is 1. The maximum atomic E-state index is 13.2. The van der Waals surface area contributed by atoms with Crippen molar-refractivity contribution in [3.05, 3.63) is 41.7 Å². The van der Waals surface area contributed by atoms with E-state index in [4.69, 9.17) is 0 Å². The van der Waals surface area contributed by atoms with Crippen LogP contribution in [0, 0.1) is 11.6 Å². The molecule has 0 spiro atoms. The number of aromatic nitrogens is 2. The van der Waals surface area contributed by atoms with Crippen molar-refractivity contribution >= 4 is 22.6 Å². The van der Waals surface area contributed by atoms with Gasteiger partial charge in [0.15, 0.2) is 0 Å². The monoisotopic (exact) mass is 241 g/mol. The van der Waals surface area contributed by atoms with Gasteiger partial charge in [0.25, 0.3) is 5.91 Å². The first kappa shape index (κ1) is 10.6. The summed E-state index contributed by atoms with van der Waals surface area (Å²) in [6.45, 7) is 0. The van der Waals surface area contributed by atoms with Crippen LogP contribution in [0.4, 0.5) is 13.9 Å². The van der Waals surface area contributed by atoms with Crippen LogP contribution in [-0.2, 0) is 0 Å². The molecule has 1 amide bonds. The number of rotatable bonds is 2. The molecule has 0 aliphatic rings. The molecule has 1 heterocycles. The number of hydrogen-bond donors (Lipinski definition) is 1. The van der Waals surface area contributed by atoms with Crippen LogP contribution >= 0.6 is 11.5 Å². The first-order valence-corrected chi connectivity index (χ1v) is 4.97. The largest absolute Gasteiger partial charge is 0.297 e. The lowest BCUT2D eigenvalue weighted by molar-refractivity contribution is 0.102. The number of anilines is 1. The van der Waals surface area contributed by atoms with Gasteiger partial charge in [0, 0.05) is 17.6 Å². The summed E-state index contributed by atoms with van der Waals surface area (Å²) < 4.78 is 29.5. The minimum atomic E-state index is -0.915. The van der Waals surface area contributed by atoms with Gasteiger partial charge in [0.2, 0.25) is 5.13 Å². The number of amides is 1. The zero-order valence-electron chi connectivity index (χ0n) is 7.78. The Morgan fingerprint density at radius 2 is 2.19 bits per heavy atom. The molecule has 4 nitrogen and oxygen atoms in total. The van der Waals surface area contributed by atoms with Crippen molar-refractivity contribution in [1.82, 2.24) is 9.36 Å². The Kier molecular flexibility index (Phi) is 2.86. The van der Waals surface area contributed by atoms with Gasteiger partial charge >= 0.3 is 0 Å². The highest BCUT2D eigenvalue weighted by Crippen LogP contribution is 2.13. The van der Waals surface area contributed by atoms with E-state index in [9.17, 15) is 13.6 Å². The highest BCUT2D eigenvalue weighted by molar-refractivity contribution is 7.09. The molecule has 16 heavy (non-hydrogen) atoms. The van der Waals surface area contributed by atoms with Crippen molar-refractivity contribution in [2.45, 2.75) is 0 Å². The van der Waals surface area contributed by atoms with E-state index in [0.29, 0.717) is 6.07 Å². The molecule has 0 aliphatic heterocycles. The molecule has 0 saturated carbocycles. The highest BCUT2D eigenvalue weighted by Gasteiger charge is 2.13. The average Bonchev–Trinajstić information content (AvgIpc) is 2.70. The quantitative estimate of drug-likeness (QED) is 0.875. The minimum absolute atomic E-state index is 0.239. The van der Waals surface area contributed by atoms with E-state index in [2.05, 4.69) is 14.7 Å². The highest BCUT2D eigenvalue weighted by atomic mass is 32.1. The van der Waals surface area contributed by atoms with Gasteiger partial charge in [-0.3, -0.25) is 10.1 Å². The van der Waals surface area contributed by atoms with Crippen LogP contribution in [0.2, 0.25) is 0 Å². The maximum absolute atomic E-state index is 13.2. The predicted molar refractivity (Wildman–Crippen MR) is 54.2 cm³/mol. The molecular weight excluding hydrogens is 236 g/mol. The molecule has 0 atom stereocenters. The Morgan fingerprint density at radius 3 is 2.81 bits per heavy atom. The van der Waals surface area contributed by atoms with E-state index >= 15 is 0 Å². The normalized spacial score (nSPS) is 10.1. The summed E-state index contributed by atoms with van der Waals surface area (Å²) >= 11 is 0.965. The van der Waals surface area contributed by atoms with E-state index in [1.807, 2.05) is 0 Å². The summed E-state index contributed by atoms with van der Waals surface area (Å²) in [6.07, 6.45) is 1.27. The lowest BCUT2D eigenvalue weighted by Gasteiger charge is -2.02. The van der Waals surface area contributed by atoms with Crippen molar-refractivity contribution in [3.63, 3.8) is 0 Å². The second kappa shape index (κ2) is 4.31. The molecule has 0 bridgehead atoms. The summed E-state index contributed by atoms with van der Waals surface area (Å²) in [5, 5.41) is 2.60. The van der Waals surface area contributed by atoms with E-state index in [0.717, 1.165) is 23.7 Å². The fourth-order valence-corrected chi connectivity index (χ4v) is 1.49. The van der Waals surface area contributed by atoms with Gasteiger partial charge < -0.3 is 0 Å². The van der Waals surface area contributed by atoms with Gasteiger partial charge in [-0.15, -0.1) is 0 Å². The first-order valence-electron chi connectivity index (χ1n) is 4.20. The maximum Gasteiger partial charge on any atom is 0.260 e. The Morgan fingerprint density at radius 1 is 1.38 bits per heavy atom. The fourth-order valence-electron chi connectivity index (χ4n) is 1.07. The van der Waals surface area contributed by atoms with Crippen LogP contribution in [0.1, 0.15) is 10.4 Å². The van der Waals surface area contributed by atoms with Gasteiger partial charge in [-0.1, -0.05) is 0 Å². The van der Waals surface area contributed by atoms with Crippen LogP contribution in [0.5, 0.6) is 0 Å². The van der Waals surface area contributed by atoms with Gasteiger partial charge in [0.05, 0.1) is 5.56 Å². The van der Waals surface area contributed by atoms with Crippen LogP contribution in [0.25, 0.3) is 0 Å². The van der Waals surface area contributed by atoms with Crippen LogP contribution < -0.4 is 5.32 Å². The summed E-state index contributed by atoms with van der Waals surface area (Å²) in [7, 11) is 0. The van der Waals surface area contributed by atoms with E-state index < -0.39 is 17.5 Å². The molecule has 0 fully saturated rings. The summed E-state index contributed by atoms with van der Waals surface area (Å²) in [4.78, 5) is 15.2. The fraction of sp³-hybridized carbons (Fsp3) is 0. The predicted octanol–water partition coefficient (Wildman–Crippen LogP) is 2.07. The third-order valence-corrected chi connectivity index (χ3v) is 2.34. The number of halogens is 2. The molecule has 2 aromatic rings. The lowest BCUT2D eigenvalue weighted by atomic mass is 10.2. The van der Waals surface area contributed by atoms with Crippen molar-refractivity contribution in [2.24, 2.45) is 0 Å². The topological polar surface area (TPSA) is 54.9 Å². The zero-order chi connectivity index (χ0) is 11.5. The van der Waals surface area contributed by atoms with Crippen LogP contribution in [0.15, 0.2) is 24.5 Å². The molecule has 7 heteroatoms. The van der Waals surface area contributed by atoms with Gasteiger partial charge in [0.1, 0.15) is 18.0 Å². The van der Waals surface area contributed by atoms with Crippen LogP contribution in [-0.4, -0.2) is 15.3 Å². The summed E-state index contributed by atoms with van der Waals surface area (Å²) in [6, 6.07) is 2.73. The minimum Gasteiger partial charge on any atom is -0.297 e. The summed E-state index contributed by atoms with van der Waals surface area (Å²) in [5.41, 5.74) is -0.239. The SMILES string of the molecule is O=C(Nc1ncns1)c1ccc(F)cc1F. The van der Waals surface area contributed by atoms with Crippen molar-refractivity contribution in [1.29, 1.82) is 0 Å². The third-order valence-electron chi connectivity index (χ3n) is 1.76. The van der Waals surface area contributed by atoms with Crippen molar-refractivity contribution in [2.75, 3.05) is 5.32 Å². The van der Waals surface area contributed by atoms with E-state index in [-0.39, 0.29) is 10.7 Å². The molecular formula is C9H5F2N3OS. The Balaban J connectivity index is 2.21. The molecule has 1 aromatic heterocycles. The molecule has 0 saturated heterocycles. The second-order valence-electron chi connectivity index (χ2n) is 2.82. The Labute approximate surface area is 93.1 Å². The lowest BCUT2D eigenvalue weighted by Crippen LogP contribution is -2.13. The number of benzene rings is 1. The number of nitrogens with one attached hydrogen (secondary N) is 1. The van der Waals surface area contributed by atoms with E-state index in [1.54, 1.807) is 0 Å². The Bertz CT molecular complexity index is 515. The Hall–Kier alpha value is -1.89. The van der Waals surface area contributed by atoms with Crippen LogP contribution in [0.3, 0.4) is 0 Å².